The molecule has 4 nitrogen and oxygen atoms in total. The standard InChI is InChI=1S/C15H16N2O2/c16-14(18)15(17,12-7-3-1-4-8-12)11-19-13-9-5-2-6-10-13/h1-10H,11,17H2,(H2,16,18). The van der Waals surface area contributed by atoms with Gasteiger partial charge < -0.3 is 16.2 Å². The summed E-state index contributed by atoms with van der Waals surface area (Å²) < 4.78 is 5.56. The molecule has 2 rings (SSSR count). The maximum atomic E-state index is 11.7. The number of nitrogens with two attached hydrogens (primary N) is 2. The zero-order valence-corrected chi connectivity index (χ0v) is 10.5. The third-order valence-corrected chi connectivity index (χ3v) is 2.94. The van der Waals surface area contributed by atoms with Gasteiger partial charge >= 0.3 is 0 Å². The van der Waals surface area contributed by atoms with Crippen LogP contribution in [0.2, 0.25) is 0 Å². The molecule has 4 heteroatoms. The van der Waals surface area contributed by atoms with E-state index in [0.717, 1.165) is 0 Å². The van der Waals surface area contributed by atoms with Gasteiger partial charge in [-0.25, -0.2) is 0 Å². The van der Waals surface area contributed by atoms with E-state index in [1.54, 1.807) is 24.3 Å². The number of ether oxygens (including phenoxy) is 1. The molecule has 0 bridgehead atoms. The lowest BCUT2D eigenvalue weighted by molar-refractivity contribution is -0.124. The predicted octanol–water partition coefficient (Wildman–Crippen LogP) is 1.40. The minimum absolute atomic E-state index is 0.00361. The first kappa shape index (κ1) is 13.1. The molecule has 2 aromatic rings. The van der Waals surface area contributed by atoms with Gasteiger partial charge in [0.1, 0.15) is 12.4 Å². The van der Waals surface area contributed by atoms with Gasteiger partial charge in [0.2, 0.25) is 5.91 Å². The first-order valence-corrected chi connectivity index (χ1v) is 5.95. The molecular formula is C15H16N2O2. The molecular weight excluding hydrogens is 240 g/mol. The molecule has 0 saturated heterocycles. The summed E-state index contributed by atoms with van der Waals surface area (Å²) in [6.07, 6.45) is 0. The average molecular weight is 256 g/mol. The van der Waals surface area contributed by atoms with E-state index in [-0.39, 0.29) is 6.61 Å². The van der Waals surface area contributed by atoms with Crippen LogP contribution < -0.4 is 16.2 Å². The van der Waals surface area contributed by atoms with Crippen molar-refractivity contribution in [3.63, 3.8) is 0 Å². The normalized spacial score (nSPS) is 13.5. The lowest BCUT2D eigenvalue weighted by atomic mass is 9.91. The molecule has 0 saturated carbocycles. The molecule has 0 aliphatic rings. The van der Waals surface area contributed by atoms with Gasteiger partial charge in [-0.2, -0.15) is 0 Å². The van der Waals surface area contributed by atoms with E-state index in [0.29, 0.717) is 11.3 Å². The summed E-state index contributed by atoms with van der Waals surface area (Å²) >= 11 is 0. The second-order valence-electron chi connectivity index (χ2n) is 4.30. The highest BCUT2D eigenvalue weighted by Gasteiger charge is 2.35. The molecule has 4 N–H and O–H groups in total. The molecule has 0 aliphatic heterocycles. The van der Waals surface area contributed by atoms with Crippen molar-refractivity contribution in [2.75, 3.05) is 6.61 Å². The van der Waals surface area contributed by atoms with Gasteiger partial charge in [-0.3, -0.25) is 4.79 Å². The Labute approximate surface area is 112 Å². The lowest BCUT2D eigenvalue weighted by Crippen LogP contribution is -2.53. The molecule has 1 unspecified atom stereocenters. The quantitative estimate of drug-likeness (QED) is 0.848. The zero-order valence-electron chi connectivity index (χ0n) is 10.5. The van der Waals surface area contributed by atoms with Gasteiger partial charge in [-0.15, -0.1) is 0 Å². The molecule has 1 amide bonds. The number of rotatable bonds is 5. The number of carbonyl (C=O) groups is 1. The minimum Gasteiger partial charge on any atom is -0.491 e. The average Bonchev–Trinajstić information content (AvgIpc) is 2.46. The van der Waals surface area contributed by atoms with Gasteiger partial charge in [0.05, 0.1) is 0 Å². The zero-order chi connectivity index (χ0) is 13.7. The summed E-state index contributed by atoms with van der Waals surface area (Å²) in [5.41, 5.74) is 10.8. The predicted molar refractivity (Wildman–Crippen MR) is 73.4 cm³/mol. The van der Waals surface area contributed by atoms with E-state index >= 15 is 0 Å². The Hall–Kier alpha value is -2.33. The molecule has 98 valence electrons. The summed E-state index contributed by atoms with van der Waals surface area (Å²) in [7, 11) is 0. The van der Waals surface area contributed by atoms with Crippen LogP contribution in [0.3, 0.4) is 0 Å². The van der Waals surface area contributed by atoms with Crippen molar-refractivity contribution in [2.45, 2.75) is 5.54 Å². The summed E-state index contributed by atoms with van der Waals surface area (Å²) in [5.74, 6) is 0.0316. The van der Waals surface area contributed by atoms with E-state index in [9.17, 15) is 4.79 Å². The van der Waals surface area contributed by atoms with Crippen LogP contribution >= 0.6 is 0 Å². The third-order valence-electron chi connectivity index (χ3n) is 2.94. The fourth-order valence-electron chi connectivity index (χ4n) is 1.75. The maximum Gasteiger partial charge on any atom is 0.245 e. The second-order valence-corrected chi connectivity index (χ2v) is 4.30. The summed E-state index contributed by atoms with van der Waals surface area (Å²) in [6, 6.07) is 18.2. The number of primary amides is 1. The van der Waals surface area contributed by atoms with Crippen molar-refractivity contribution in [3.8, 4) is 5.75 Å². The molecule has 0 radical (unpaired) electrons. The fourth-order valence-corrected chi connectivity index (χ4v) is 1.75. The van der Waals surface area contributed by atoms with Crippen LogP contribution in [0.25, 0.3) is 0 Å². The van der Waals surface area contributed by atoms with Crippen molar-refractivity contribution in [1.29, 1.82) is 0 Å². The topological polar surface area (TPSA) is 78.3 Å². The number of carbonyl (C=O) groups excluding carboxylic acids is 1. The Morgan fingerprint density at radius 2 is 1.53 bits per heavy atom. The number of hydrogen-bond acceptors (Lipinski definition) is 3. The van der Waals surface area contributed by atoms with Crippen LogP contribution in [0.15, 0.2) is 60.7 Å². The van der Waals surface area contributed by atoms with Crippen molar-refractivity contribution >= 4 is 5.91 Å². The number of hydrogen-bond donors (Lipinski definition) is 2. The molecule has 0 spiro atoms. The fraction of sp³-hybridized carbons (Fsp3) is 0.133. The molecule has 0 fully saturated rings. The molecule has 1 atom stereocenters. The Balaban J connectivity index is 2.19. The number of amides is 1. The highest BCUT2D eigenvalue weighted by Crippen LogP contribution is 2.20. The van der Waals surface area contributed by atoms with E-state index in [2.05, 4.69) is 0 Å². The highest BCUT2D eigenvalue weighted by molar-refractivity contribution is 5.86. The van der Waals surface area contributed by atoms with E-state index in [1.807, 2.05) is 36.4 Å². The summed E-state index contributed by atoms with van der Waals surface area (Å²) in [5, 5.41) is 0. The largest absolute Gasteiger partial charge is 0.491 e. The van der Waals surface area contributed by atoms with Gasteiger partial charge in [-0.05, 0) is 17.7 Å². The van der Waals surface area contributed by atoms with Crippen molar-refractivity contribution in [1.82, 2.24) is 0 Å². The van der Waals surface area contributed by atoms with Crippen LogP contribution in [0.5, 0.6) is 5.75 Å². The summed E-state index contributed by atoms with van der Waals surface area (Å²) in [6.45, 7) is -0.00361. The maximum absolute atomic E-state index is 11.7. The first-order chi connectivity index (χ1) is 9.13. The number of para-hydroxylation sites is 1. The molecule has 2 aromatic carbocycles. The SMILES string of the molecule is NC(=O)C(N)(COc1ccccc1)c1ccccc1. The van der Waals surface area contributed by atoms with Gasteiger partial charge in [0.15, 0.2) is 5.54 Å². The van der Waals surface area contributed by atoms with E-state index in [4.69, 9.17) is 16.2 Å². The smallest absolute Gasteiger partial charge is 0.245 e. The molecule has 0 aliphatic carbocycles. The summed E-state index contributed by atoms with van der Waals surface area (Å²) in [4.78, 5) is 11.7. The molecule has 0 aromatic heterocycles. The van der Waals surface area contributed by atoms with E-state index in [1.165, 1.54) is 0 Å². The van der Waals surface area contributed by atoms with Crippen molar-refractivity contribution in [3.05, 3.63) is 66.2 Å². The Morgan fingerprint density at radius 3 is 2.05 bits per heavy atom. The lowest BCUT2D eigenvalue weighted by Gasteiger charge is -2.26. The Bertz CT molecular complexity index is 543. The van der Waals surface area contributed by atoms with Crippen LogP contribution in [-0.4, -0.2) is 12.5 Å². The Kier molecular flexibility index (Phi) is 3.82. The Morgan fingerprint density at radius 1 is 1.00 bits per heavy atom. The van der Waals surface area contributed by atoms with Gasteiger partial charge in [-0.1, -0.05) is 48.5 Å². The molecule has 0 heterocycles. The first-order valence-electron chi connectivity index (χ1n) is 5.95. The van der Waals surface area contributed by atoms with Crippen LogP contribution in [-0.2, 0) is 10.3 Å². The van der Waals surface area contributed by atoms with E-state index < -0.39 is 11.4 Å². The van der Waals surface area contributed by atoms with Crippen molar-refractivity contribution < 1.29 is 9.53 Å². The van der Waals surface area contributed by atoms with Crippen LogP contribution in [0.1, 0.15) is 5.56 Å². The highest BCUT2D eigenvalue weighted by atomic mass is 16.5. The minimum atomic E-state index is -1.34. The van der Waals surface area contributed by atoms with Crippen LogP contribution in [0.4, 0.5) is 0 Å². The van der Waals surface area contributed by atoms with Gasteiger partial charge in [0.25, 0.3) is 0 Å². The van der Waals surface area contributed by atoms with Gasteiger partial charge in [0, 0.05) is 0 Å². The number of benzene rings is 2. The van der Waals surface area contributed by atoms with Crippen molar-refractivity contribution in [2.24, 2.45) is 11.5 Å². The monoisotopic (exact) mass is 256 g/mol. The van der Waals surface area contributed by atoms with Crippen LogP contribution in [0, 0.1) is 0 Å². The molecule has 19 heavy (non-hydrogen) atoms. The third kappa shape index (κ3) is 2.92. The second kappa shape index (κ2) is 5.54.